The molecular formula is C34H39Cl2N3O8P2Pd. The average Bonchev–Trinajstić information content (AvgIpc) is 3.01. The molecule has 0 amide bonds. The Morgan fingerprint density at radius 1 is 0.500 bits per heavy atom. The molecule has 0 radical (unpaired) electrons. The molecule has 50 heavy (non-hydrogen) atoms. The second-order valence-corrected chi connectivity index (χ2v) is 16.3. The van der Waals surface area contributed by atoms with Gasteiger partial charge in [-0.2, -0.15) is 10.5 Å². The Morgan fingerprint density at radius 3 is 0.800 bits per heavy atom. The summed E-state index contributed by atoms with van der Waals surface area (Å²) in [4.78, 5) is 2.73. The molecule has 272 valence electrons. The fourth-order valence-corrected chi connectivity index (χ4v) is 9.13. The van der Waals surface area contributed by atoms with Crippen LogP contribution in [0.25, 0.3) is 0 Å². The summed E-state index contributed by atoms with van der Waals surface area (Å²) in [6.07, 6.45) is 2.09. The molecule has 0 bridgehead atoms. The second kappa shape index (κ2) is 26.4. The van der Waals surface area contributed by atoms with Crippen LogP contribution in [0.4, 0.5) is 0 Å². The van der Waals surface area contributed by atoms with E-state index in [2.05, 4.69) is 147 Å². The number of nitriles is 2. The van der Waals surface area contributed by atoms with E-state index >= 15 is 0 Å². The van der Waals surface area contributed by atoms with Gasteiger partial charge in [0.1, 0.15) is 0 Å². The van der Waals surface area contributed by atoms with Crippen molar-refractivity contribution in [1.82, 2.24) is 4.90 Å². The summed E-state index contributed by atoms with van der Waals surface area (Å²) in [6.45, 7) is 9.94. The fraction of sp³-hybridized carbons (Fsp3) is 0.235. The first-order valence-corrected chi connectivity index (χ1v) is 19.7. The van der Waals surface area contributed by atoms with Gasteiger partial charge >= 0.3 is 20.4 Å². The molecule has 4 rings (SSSR count). The van der Waals surface area contributed by atoms with Crippen molar-refractivity contribution in [2.75, 3.05) is 12.6 Å². The summed E-state index contributed by atoms with van der Waals surface area (Å²) in [5.74, 6) is 0. The zero-order valence-electron chi connectivity index (χ0n) is 28.0. The molecule has 0 N–H and O–H groups in total. The van der Waals surface area contributed by atoms with E-state index in [4.69, 9.17) is 47.8 Å². The molecule has 4 aromatic carbocycles. The van der Waals surface area contributed by atoms with Crippen LogP contribution < -0.4 is 58.5 Å². The van der Waals surface area contributed by atoms with E-state index in [0.717, 1.165) is 12.6 Å². The van der Waals surface area contributed by atoms with E-state index in [1.807, 2.05) is 0 Å². The van der Waals surface area contributed by atoms with Gasteiger partial charge in [-0.25, -0.2) is 37.3 Å². The number of nitrogens with zero attached hydrogens (tertiary/aromatic N) is 3. The zero-order chi connectivity index (χ0) is 37.5. The van der Waals surface area contributed by atoms with Gasteiger partial charge in [-0.1, -0.05) is 121 Å². The Balaban J connectivity index is 0. The van der Waals surface area contributed by atoms with E-state index in [1.165, 1.54) is 35.1 Å². The molecule has 0 fully saturated rings. The maximum atomic E-state index is 8.49. The molecule has 16 heteroatoms. The monoisotopic (exact) mass is 855 g/mol. The van der Waals surface area contributed by atoms with Crippen LogP contribution in [0.5, 0.6) is 0 Å². The molecule has 0 saturated heterocycles. The minimum absolute atomic E-state index is 0. The van der Waals surface area contributed by atoms with Crippen molar-refractivity contribution in [2.45, 2.75) is 40.2 Å². The Hall–Kier alpha value is -2.40. The number of halogens is 2. The first-order valence-electron chi connectivity index (χ1n) is 14.2. The topological polar surface area (TPSA) is 235 Å². The zero-order valence-corrected chi connectivity index (χ0v) is 32.9. The Kier molecular flexibility index (Phi) is 26.2. The summed E-state index contributed by atoms with van der Waals surface area (Å²) in [5.41, 5.74) is 0.0638. The number of rotatable bonds is 8. The summed E-state index contributed by atoms with van der Waals surface area (Å²) >= 11 is 0. The fourth-order valence-electron chi connectivity index (χ4n) is 3.87. The van der Waals surface area contributed by atoms with Crippen LogP contribution >= 0.6 is 15.8 Å². The van der Waals surface area contributed by atoms with Crippen molar-refractivity contribution in [3.63, 3.8) is 0 Å². The van der Waals surface area contributed by atoms with Crippen molar-refractivity contribution in [3.8, 4) is 12.1 Å². The van der Waals surface area contributed by atoms with Crippen LogP contribution in [0.3, 0.4) is 0 Å². The normalized spacial score (nSPS) is 10.6. The van der Waals surface area contributed by atoms with Gasteiger partial charge in [-0.3, -0.25) is 4.90 Å². The van der Waals surface area contributed by atoms with Crippen LogP contribution in [0.2, 0.25) is 0 Å². The second-order valence-electron chi connectivity index (χ2n) is 10.4. The summed E-state index contributed by atoms with van der Waals surface area (Å²) in [5, 5.41) is 20.4. The molecule has 0 atom stereocenters. The summed E-state index contributed by atoms with van der Waals surface area (Å²) in [7, 11) is -10.9. The van der Waals surface area contributed by atoms with E-state index in [0.29, 0.717) is 0 Å². The van der Waals surface area contributed by atoms with Gasteiger partial charge in [0.15, 0.2) is 0 Å². The van der Waals surface area contributed by atoms with Crippen LogP contribution in [-0.4, -0.2) is 23.0 Å². The van der Waals surface area contributed by atoms with Gasteiger partial charge in [0.2, 0.25) is 0 Å². The summed E-state index contributed by atoms with van der Waals surface area (Å²) < 4.78 is 67.9. The molecule has 0 aliphatic rings. The average molecular weight is 857 g/mol. The SMILES string of the molecule is CC#N.CC#N.CC(C)(C)N(CP(c1ccccc1)c1ccccc1)CP(c1ccccc1)c1ccccc1.[O-][Cl+3]([O-])([O-])[O-].[O-][Cl+3]([O-])([O-])[O-].[Pd+2]. The van der Waals surface area contributed by atoms with Gasteiger partial charge in [-0.15, -0.1) is 20.5 Å². The van der Waals surface area contributed by atoms with E-state index < -0.39 is 36.3 Å². The molecule has 0 aliphatic carbocycles. The van der Waals surface area contributed by atoms with Gasteiger partial charge in [-0.05, 0) is 57.8 Å². The smallest absolute Gasteiger partial charge is 0.289 e. The Bertz CT molecular complexity index is 1310. The van der Waals surface area contributed by atoms with Crippen molar-refractivity contribution >= 4 is 37.1 Å². The number of benzene rings is 4. The van der Waals surface area contributed by atoms with Crippen LogP contribution in [0.15, 0.2) is 121 Å². The van der Waals surface area contributed by atoms with Gasteiger partial charge in [0, 0.05) is 32.0 Å². The predicted octanol–water partition coefficient (Wildman–Crippen LogP) is -2.19. The van der Waals surface area contributed by atoms with Gasteiger partial charge < -0.3 is 0 Å². The van der Waals surface area contributed by atoms with E-state index in [-0.39, 0.29) is 26.0 Å². The molecule has 0 aliphatic heterocycles. The first kappa shape index (κ1) is 49.7. The van der Waals surface area contributed by atoms with Crippen molar-refractivity contribution in [2.24, 2.45) is 0 Å². The molecule has 0 spiro atoms. The van der Waals surface area contributed by atoms with Crippen molar-refractivity contribution in [1.29, 1.82) is 10.5 Å². The first-order chi connectivity index (χ1) is 22.8. The molecule has 0 aromatic heterocycles. The minimum Gasteiger partial charge on any atom is -0.289 e. The Morgan fingerprint density at radius 2 is 0.660 bits per heavy atom. The molecule has 4 aromatic rings. The third-order valence-electron chi connectivity index (χ3n) is 5.84. The van der Waals surface area contributed by atoms with Crippen LogP contribution in [0, 0.1) is 43.1 Å². The maximum absolute atomic E-state index is 8.49. The number of hydrogen-bond donors (Lipinski definition) is 0. The predicted molar refractivity (Wildman–Crippen MR) is 172 cm³/mol. The van der Waals surface area contributed by atoms with Crippen molar-refractivity contribution in [3.05, 3.63) is 121 Å². The molecule has 0 heterocycles. The van der Waals surface area contributed by atoms with E-state index in [1.54, 1.807) is 12.1 Å². The van der Waals surface area contributed by atoms with Crippen LogP contribution in [-0.2, 0) is 20.4 Å². The van der Waals surface area contributed by atoms with E-state index in [9.17, 15) is 0 Å². The third-order valence-corrected chi connectivity index (χ3v) is 10.8. The van der Waals surface area contributed by atoms with Crippen molar-refractivity contribution < 1.29 is 78.2 Å². The molecule has 0 saturated carbocycles. The molecular weight excluding hydrogens is 818 g/mol. The van der Waals surface area contributed by atoms with Gasteiger partial charge in [0.25, 0.3) is 0 Å². The van der Waals surface area contributed by atoms with Crippen LogP contribution in [0.1, 0.15) is 34.6 Å². The maximum Gasteiger partial charge on any atom is 2.00 e. The molecule has 0 unspecified atom stereocenters. The third kappa shape index (κ3) is 25.5. The Labute approximate surface area is 315 Å². The quantitative estimate of drug-likeness (QED) is 0.136. The minimum atomic E-state index is -4.94. The number of hydrogen-bond acceptors (Lipinski definition) is 11. The molecule has 11 nitrogen and oxygen atoms in total. The standard InChI is InChI=1S/C30H33NP2.2C2H3N.2ClHO4.Pd/c1-30(2,3)31(24-32(26-16-8-4-9-17-26)27-18-10-5-11-19-27)25-33(28-20-12-6-13-21-28)29-22-14-7-15-23-29;2*1-2-3;2*2-1(3,4)5;/h4-23H,24-25H2,1-3H3;2*1H3;2*(H,2,3,4,5);/q;;;;;+2/p-2. The van der Waals surface area contributed by atoms with Gasteiger partial charge in [0.05, 0.1) is 12.1 Å². The summed E-state index contributed by atoms with van der Waals surface area (Å²) in [6, 6.07) is 47.8. The largest absolute Gasteiger partial charge is 2.00 e.